The third-order valence-electron chi connectivity index (χ3n) is 2.75. The molecule has 0 radical (unpaired) electrons. The van der Waals surface area contributed by atoms with Crippen molar-refractivity contribution in [1.29, 1.82) is 0 Å². The predicted octanol–water partition coefficient (Wildman–Crippen LogP) is 2.23. The van der Waals surface area contributed by atoms with Crippen LogP contribution in [0.25, 0.3) is 0 Å². The Bertz CT molecular complexity index is 389. The fraction of sp³-hybridized carbons (Fsp3) is 0.417. The van der Waals surface area contributed by atoms with Crippen LogP contribution in [0.1, 0.15) is 29.3 Å². The van der Waals surface area contributed by atoms with Crippen LogP contribution in [0.2, 0.25) is 0 Å². The van der Waals surface area contributed by atoms with E-state index in [9.17, 15) is 9.18 Å². The Hall–Kier alpha value is -1.38. The van der Waals surface area contributed by atoms with E-state index < -0.39 is 5.82 Å². The van der Waals surface area contributed by atoms with E-state index in [0.29, 0.717) is 13.1 Å². The summed E-state index contributed by atoms with van der Waals surface area (Å²) in [4.78, 5) is 13.6. The molecule has 1 aliphatic rings. The van der Waals surface area contributed by atoms with Crippen molar-refractivity contribution in [2.24, 2.45) is 0 Å². The highest BCUT2D eigenvalue weighted by Crippen LogP contribution is 2.21. The van der Waals surface area contributed by atoms with E-state index in [2.05, 4.69) is 0 Å². The van der Waals surface area contributed by atoms with Gasteiger partial charge in [0.05, 0.1) is 5.56 Å². The first-order chi connectivity index (χ1) is 7.24. The van der Waals surface area contributed by atoms with E-state index in [0.717, 1.165) is 18.4 Å². The zero-order chi connectivity index (χ0) is 10.8. The molecule has 0 bridgehead atoms. The number of carbonyl (C=O) groups excluding carboxylic acids is 1. The van der Waals surface area contributed by atoms with Crippen LogP contribution in [0.4, 0.5) is 4.39 Å². The first-order valence-corrected chi connectivity index (χ1v) is 5.30. The second kappa shape index (κ2) is 4.01. The van der Waals surface area contributed by atoms with Crippen molar-refractivity contribution in [1.82, 2.24) is 4.90 Å². The second-order valence-electron chi connectivity index (χ2n) is 3.82. The molecule has 1 aromatic carbocycles. The molecule has 2 rings (SSSR count). The first kappa shape index (κ1) is 10.1. The van der Waals surface area contributed by atoms with Crippen molar-refractivity contribution in [2.45, 2.75) is 19.8 Å². The molecule has 15 heavy (non-hydrogen) atoms. The van der Waals surface area contributed by atoms with Gasteiger partial charge in [0, 0.05) is 13.1 Å². The molecule has 0 aromatic heterocycles. The number of rotatable bonds is 2. The number of nitrogens with zero attached hydrogens (tertiary/aromatic N) is 1. The Kier molecular flexibility index (Phi) is 2.71. The molecule has 1 aromatic rings. The van der Waals surface area contributed by atoms with Crippen molar-refractivity contribution in [3.63, 3.8) is 0 Å². The molecular formula is C12H14FNO. The van der Waals surface area contributed by atoms with Gasteiger partial charge in [0.15, 0.2) is 0 Å². The predicted molar refractivity (Wildman–Crippen MR) is 56.3 cm³/mol. The standard InChI is InChI=1S/C12H14FNO/c1-2-7-14-8-6-9-4-3-5-10(13)11(9)12(14)15/h3-5H,2,6-8H2,1H3. The summed E-state index contributed by atoms with van der Waals surface area (Å²) in [6.07, 6.45) is 1.67. The smallest absolute Gasteiger partial charge is 0.257 e. The van der Waals surface area contributed by atoms with Gasteiger partial charge in [0.1, 0.15) is 5.82 Å². The van der Waals surface area contributed by atoms with Crippen LogP contribution in [-0.4, -0.2) is 23.9 Å². The molecular weight excluding hydrogens is 193 g/mol. The molecule has 1 amide bonds. The largest absolute Gasteiger partial charge is 0.338 e. The number of fused-ring (bicyclic) bond motifs is 1. The molecule has 0 unspecified atom stereocenters. The van der Waals surface area contributed by atoms with E-state index in [1.807, 2.05) is 13.0 Å². The summed E-state index contributed by atoms with van der Waals surface area (Å²) in [7, 11) is 0. The minimum Gasteiger partial charge on any atom is -0.338 e. The molecule has 0 N–H and O–H groups in total. The summed E-state index contributed by atoms with van der Waals surface area (Å²) < 4.78 is 13.5. The van der Waals surface area contributed by atoms with Crippen LogP contribution < -0.4 is 0 Å². The quantitative estimate of drug-likeness (QED) is 0.728. The van der Waals surface area contributed by atoms with Gasteiger partial charge in [0.25, 0.3) is 5.91 Å². The molecule has 0 spiro atoms. The Labute approximate surface area is 88.7 Å². The molecule has 1 aliphatic heterocycles. The van der Waals surface area contributed by atoms with Gasteiger partial charge in [-0.1, -0.05) is 19.1 Å². The summed E-state index contributed by atoms with van der Waals surface area (Å²) >= 11 is 0. The lowest BCUT2D eigenvalue weighted by molar-refractivity contribution is 0.0734. The maximum atomic E-state index is 13.5. The van der Waals surface area contributed by atoms with Crippen molar-refractivity contribution in [2.75, 3.05) is 13.1 Å². The summed E-state index contributed by atoms with van der Waals surface area (Å²) in [6.45, 7) is 3.44. The van der Waals surface area contributed by atoms with E-state index in [1.54, 1.807) is 11.0 Å². The Balaban J connectivity index is 2.36. The fourth-order valence-electron chi connectivity index (χ4n) is 2.01. The minimum atomic E-state index is -0.390. The third-order valence-corrected chi connectivity index (χ3v) is 2.75. The van der Waals surface area contributed by atoms with Gasteiger partial charge in [-0.05, 0) is 24.5 Å². The molecule has 0 atom stereocenters. The van der Waals surface area contributed by atoms with Gasteiger partial charge in [-0.3, -0.25) is 4.79 Å². The van der Waals surface area contributed by atoms with Crippen molar-refractivity contribution in [3.05, 3.63) is 35.1 Å². The average Bonchev–Trinajstić information content (AvgIpc) is 2.22. The monoisotopic (exact) mass is 207 g/mol. The number of hydrogen-bond donors (Lipinski definition) is 0. The number of hydrogen-bond acceptors (Lipinski definition) is 1. The van der Waals surface area contributed by atoms with Crippen LogP contribution in [0, 0.1) is 5.82 Å². The topological polar surface area (TPSA) is 20.3 Å². The van der Waals surface area contributed by atoms with Crippen LogP contribution in [0.15, 0.2) is 18.2 Å². The molecule has 0 saturated heterocycles. The molecule has 2 nitrogen and oxygen atoms in total. The van der Waals surface area contributed by atoms with Gasteiger partial charge in [0.2, 0.25) is 0 Å². The van der Waals surface area contributed by atoms with Gasteiger partial charge >= 0.3 is 0 Å². The summed E-state index contributed by atoms with van der Waals surface area (Å²) in [5, 5.41) is 0. The second-order valence-corrected chi connectivity index (χ2v) is 3.82. The fourth-order valence-corrected chi connectivity index (χ4v) is 2.01. The zero-order valence-electron chi connectivity index (χ0n) is 8.79. The highest BCUT2D eigenvalue weighted by molar-refractivity contribution is 5.97. The van der Waals surface area contributed by atoms with E-state index in [4.69, 9.17) is 0 Å². The molecule has 1 heterocycles. The van der Waals surface area contributed by atoms with Gasteiger partial charge in [-0.25, -0.2) is 4.39 Å². The molecule has 0 saturated carbocycles. The minimum absolute atomic E-state index is 0.156. The van der Waals surface area contributed by atoms with Crippen LogP contribution in [0.5, 0.6) is 0 Å². The highest BCUT2D eigenvalue weighted by atomic mass is 19.1. The van der Waals surface area contributed by atoms with E-state index in [1.165, 1.54) is 6.07 Å². The number of benzene rings is 1. The normalized spacial score (nSPS) is 15.3. The lowest BCUT2D eigenvalue weighted by atomic mass is 9.98. The lowest BCUT2D eigenvalue weighted by Crippen LogP contribution is -2.38. The molecule has 80 valence electrons. The first-order valence-electron chi connectivity index (χ1n) is 5.30. The van der Waals surface area contributed by atoms with Gasteiger partial charge < -0.3 is 4.90 Å². The lowest BCUT2D eigenvalue weighted by Gasteiger charge is -2.28. The van der Waals surface area contributed by atoms with Crippen molar-refractivity contribution in [3.8, 4) is 0 Å². The average molecular weight is 207 g/mol. The van der Waals surface area contributed by atoms with E-state index in [-0.39, 0.29) is 11.5 Å². The highest BCUT2D eigenvalue weighted by Gasteiger charge is 2.26. The van der Waals surface area contributed by atoms with Crippen LogP contribution in [0.3, 0.4) is 0 Å². The molecule has 0 aliphatic carbocycles. The zero-order valence-corrected chi connectivity index (χ0v) is 8.79. The van der Waals surface area contributed by atoms with Crippen molar-refractivity contribution >= 4 is 5.91 Å². The van der Waals surface area contributed by atoms with Crippen LogP contribution in [-0.2, 0) is 6.42 Å². The maximum absolute atomic E-state index is 13.5. The van der Waals surface area contributed by atoms with Crippen molar-refractivity contribution < 1.29 is 9.18 Å². The number of halogens is 1. The molecule has 0 fully saturated rings. The summed E-state index contributed by atoms with van der Waals surface area (Å²) in [6, 6.07) is 4.85. The number of amides is 1. The van der Waals surface area contributed by atoms with Crippen LogP contribution >= 0.6 is 0 Å². The molecule has 3 heteroatoms. The van der Waals surface area contributed by atoms with E-state index >= 15 is 0 Å². The third kappa shape index (κ3) is 1.74. The van der Waals surface area contributed by atoms with Gasteiger partial charge in [-0.15, -0.1) is 0 Å². The SMILES string of the molecule is CCCN1CCc2cccc(F)c2C1=O. The summed E-state index contributed by atoms with van der Waals surface area (Å²) in [5.41, 5.74) is 1.12. The Morgan fingerprint density at radius 1 is 1.47 bits per heavy atom. The van der Waals surface area contributed by atoms with Gasteiger partial charge in [-0.2, -0.15) is 0 Å². The maximum Gasteiger partial charge on any atom is 0.257 e. The Morgan fingerprint density at radius 3 is 3.00 bits per heavy atom. The number of carbonyl (C=O) groups is 1. The Morgan fingerprint density at radius 2 is 2.27 bits per heavy atom. The summed E-state index contributed by atoms with van der Waals surface area (Å²) in [5.74, 6) is -0.547.